The molecule has 0 amide bonds. The van der Waals surface area contributed by atoms with Gasteiger partial charge in [0.05, 0.1) is 0 Å². The standard InChI is InChI=1S/C9H17N3S/c1-4-5-10-9-11-8(12-13-9)6-7(2)3/h7H,4-6H2,1-3H3,(H,10,11,12). The van der Waals surface area contributed by atoms with Crippen molar-refractivity contribution in [3.63, 3.8) is 0 Å². The fourth-order valence-electron chi connectivity index (χ4n) is 1.01. The van der Waals surface area contributed by atoms with E-state index in [1.165, 1.54) is 11.5 Å². The third-order valence-electron chi connectivity index (χ3n) is 1.59. The minimum atomic E-state index is 0.633. The SMILES string of the molecule is CCCNc1nc(CC(C)C)ns1. The van der Waals surface area contributed by atoms with Crippen LogP contribution in [-0.2, 0) is 6.42 Å². The largest absolute Gasteiger partial charge is 0.360 e. The molecule has 1 aromatic heterocycles. The van der Waals surface area contributed by atoms with Gasteiger partial charge in [0.15, 0.2) is 0 Å². The van der Waals surface area contributed by atoms with Crippen molar-refractivity contribution in [2.45, 2.75) is 33.6 Å². The van der Waals surface area contributed by atoms with Gasteiger partial charge >= 0.3 is 0 Å². The summed E-state index contributed by atoms with van der Waals surface area (Å²) in [6.45, 7) is 7.49. The van der Waals surface area contributed by atoms with E-state index in [0.717, 1.165) is 30.3 Å². The first-order valence-electron chi connectivity index (χ1n) is 4.78. The van der Waals surface area contributed by atoms with Gasteiger partial charge in [-0.15, -0.1) is 0 Å². The monoisotopic (exact) mass is 199 g/mol. The van der Waals surface area contributed by atoms with Gasteiger partial charge in [0.25, 0.3) is 0 Å². The van der Waals surface area contributed by atoms with Crippen LogP contribution in [0.1, 0.15) is 33.0 Å². The Labute approximate surface area is 83.8 Å². The summed E-state index contributed by atoms with van der Waals surface area (Å²) in [5.41, 5.74) is 0. The van der Waals surface area contributed by atoms with E-state index >= 15 is 0 Å². The van der Waals surface area contributed by atoms with E-state index in [9.17, 15) is 0 Å². The first-order valence-corrected chi connectivity index (χ1v) is 5.56. The summed E-state index contributed by atoms with van der Waals surface area (Å²) in [6.07, 6.45) is 2.10. The molecule has 3 nitrogen and oxygen atoms in total. The average Bonchev–Trinajstić information content (AvgIpc) is 2.48. The van der Waals surface area contributed by atoms with E-state index in [0.29, 0.717) is 5.92 Å². The van der Waals surface area contributed by atoms with Crippen molar-refractivity contribution in [2.75, 3.05) is 11.9 Å². The van der Waals surface area contributed by atoms with Gasteiger partial charge in [-0.05, 0) is 12.3 Å². The highest BCUT2D eigenvalue weighted by Crippen LogP contribution is 2.13. The molecule has 0 bridgehead atoms. The fourth-order valence-corrected chi connectivity index (χ4v) is 1.63. The lowest BCUT2D eigenvalue weighted by Crippen LogP contribution is -2.00. The Bertz CT molecular complexity index is 245. The Balaban J connectivity index is 2.44. The second-order valence-electron chi connectivity index (χ2n) is 3.54. The molecule has 1 aromatic rings. The predicted octanol–water partition coefficient (Wildman–Crippen LogP) is 2.56. The van der Waals surface area contributed by atoms with E-state index in [2.05, 4.69) is 35.4 Å². The number of hydrogen-bond acceptors (Lipinski definition) is 4. The lowest BCUT2D eigenvalue weighted by Gasteiger charge is -1.98. The molecule has 13 heavy (non-hydrogen) atoms. The molecule has 1 heterocycles. The summed E-state index contributed by atoms with van der Waals surface area (Å²) in [7, 11) is 0. The van der Waals surface area contributed by atoms with E-state index < -0.39 is 0 Å². The van der Waals surface area contributed by atoms with Crippen LogP contribution in [0.2, 0.25) is 0 Å². The summed E-state index contributed by atoms with van der Waals surface area (Å²) in [6, 6.07) is 0. The zero-order valence-electron chi connectivity index (χ0n) is 8.50. The number of nitrogens with one attached hydrogen (secondary N) is 1. The molecule has 0 unspecified atom stereocenters. The number of anilines is 1. The highest BCUT2D eigenvalue weighted by atomic mass is 32.1. The lowest BCUT2D eigenvalue weighted by atomic mass is 10.1. The summed E-state index contributed by atoms with van der Waals surface area (Å²) < 4.78 is 4.28. The third kappa shape index (κ3) is 3.72. The van der Waals surface area contributed by atoms with Crippen LogP contribution in [0.25, 0.3) is 0 Å². The molecule has 0 aliphatic rings. The molecule has 0 saturated carbocycles. The molecular formula is C9H17N3S. The minimum Gasteiger partial charge on any atom is -0.360 e. The van der Waals surface area contributed by atoms with Gasteiger partial charge in [0.1, 0.15) is 5.82 Å². The van der Waals surface area contributed by atoms with Crippen molar-refractivity contribution in [3.05, 3.63) is 5.82 Å². The third-order valence-corrected chi connectivity index (χ3v) is 2.30. The number of hydrogen-bond donors (Lipinski definition) is 1. The van der Waals surface area contributed by atoms with Crippen molar-refractivity contribution in [1.29, 1.82) is 0 Å². The van der Waals surface area contributed by atoms with E-state index in [1.54, 1.807) is 0 Å². The zero-order chi connectivity index (χ0) is 9.68. The molecule has 4 heteroatoms. The topological polar surface area (TPSA) is 37.8 Å². The van der Waals surface area contributed by atoms with Gasteiger partial charge in [0, 0.05) is 24.5 Å². The molecule has 0 radical (unpaired) electrons. The average molecular weight is 199 g/mol. The molecular weight excluding hydrogens is 182 g/mol. The molecule has 0 aromatic carbocycles. The van der Waals surface area contributed by atoms with Gasteiger partial charge < -0.3 is 5.32 Å². The number of aromatic nitrogens is 2. The maximum atomic E-state index is 4.38. The van der Waals surface area contributed by atoms with Crippen LogP contribution >= 0.6 is 11.5 Å². The van der Waals surface area contributed by atoms with E-state index in [1.807, 2.05) is 0 Å². The Hall–Kier alpha value is -0.640. The Morgan fingerprint density at radius 2 is 2.23 bits per heavy atom. The van der Waals surface area contributed by atoms with Crippen molar-refractivity contribution in [3.8, 4) is 0 Å². The van der Waals surface area contributed by atoms with Crippen molar-refractivity contribution < 1.29 is 0 Å². The Morgan fingerprint density at radius 3 is 2.85 bits per heavy atom. The van der Waals surface area contributed by atoms with Crippen LogP contribution in [0.15, 0.2) is 0 Å². The predicted molar refractivity (Wildman–Crippen MR) is 57.2 cm³/mol. The Kier molecular flexibility index (Phi) is 4.15. The van der Waals surface area contributed by atoms with E-state index in [4.69, 9.17) is 0 Å². The normalized spacial score (nSPS) is 10.8. The molecule has 1 N–H and O–H groups in total. The quantitative estimate of drug-likeness (QED) is 0.792. The summed E-state index contributed by atoms with van der Waals surface area (Å²) >= 11 is 1.46. The molecule has 0 aliphatic heterocycles. The Morgan fingerprint density at radius 1 is 1.46 bits per heavy atom. The van der Waals surface area contributed by atoms with Crippen molar-refractivity contribution >= 4 is 16.7 Å². The van der Waals surface area contributed by atoms with E-state index in [-0.39, 0.29) is 0 Å². The molecule has 0 fully saturated rings. The highest BCUT2D eigenvalue weighted by molar-refractivity contribution is 7.09. The van der Waals surface area contributed by atoms with Crippen LogP contribution in [0.3, 0.4) is 0 Å². The lowest BCUT2D eigenvalue weighted by molar-refractivity contribution is 0.627. The van der Waals surface area contributed by atoms with Crippen LogP contribution in [0.4, 0.5) is 5.13 Å². The minimum absolute atomic E-state index is 0.633. The second kappa shape index (κ2) is 5.17. The zero-order valence-corrected chi connectivity index (χ0v) is 9.32. The van der Waals surface area contributed by atoms with Crippen molar-refractivity contribution in [1.82, 2.24) is 9.36 Å². The van der Waals surface area contributed by atoms with Gasteiger partial charge in [0.2, 0.25) is 5.13 Å². The van der Waals surface area contributed by atoms with Gasteiger partial charge in [-0.25, -0.2) is 4.98 Å². The molecule has 1 rings (SSSR count). The first-order chi connectivity index (χ1) is 6.22. The first kappa shape index (κ1) is 10.4. The van der Waals surface area contributed by atoms with Crippen LogP contribution < -0.4 is 5.32 Å². The molecule has 0 aliphatic carbocycles. The number of rotatable bonds is 5. The molecule has 0 spiro atoms. The molecule has 0 atom stereocenters. The summed E-state index contributed by atoms with van der Waals surface area (Å²) in [5.74, 6) is 1.60. The van der Waals surface area contributed by atoms with Gasteiger partial charge in [-0.3, -0.25) is 0 Å². The molecule has 74 valence electrons. The van der Waals surface area contributed by atoms with Gasteiger partial charge in [-0.1, -0.05) is 20.8 Å². The fraction of sp³-hybridized carbons (Fsp3) is 0.778. The summed E-state index contributed by atoms with van der Waals surface area (Å²) in [4.78, 5) is 4.38. The summed E-state index contributed by atoms with van der Waals surface area (Å²) in [5, 5.41) is 4.19. The maximum absolute atomic E-state index is 4.38. The van der Waals surface area contributed by atoms with Crippen LogP contribution in [0, 0.1) is 5.92 Å². The smallest absolute Gasteiger partial charge is 0.202 e. The van der Waals surface area contributed by atoms with Crippen LogP contribution in [0.5, 0.6) is 0 Å². The highest BCUT2D eigenvalue weighted by Gasteiger charge is 2.04. The second-order valence-corrected chi connectivity index (χ2v) is 4.29. The number of nitrogens with zero attached hydrogens (tertiary/aromatic N) is 2. The molecule has 0 saturated heterocycles. The maximum Gasteiger partial charge on any atom is 0.202 e. The van der Waals surface area contributed by atoms with Crippen LogP contribution in [-0.4, -0.2) is 15.9 Å². The van der Waals surface area contributed by atoms with Gasteiger partial charge in [-0.2, -0.15) is 4.37 Å². The van der Waals surface area contributed by atoms with Crippen molar-refractivity contribution in [2.24, 2.45) is 5.92 Å².